The topological polar surface area (TPSA) is 72.6 Å². The second-order valence-corrected chi connectivity index (χ2v) is 3.63. The number of nitro groups is 1. The Labute approximate surface area is 94.1 Å². The fourth-order valence-corrected chi connectivity index (χ4v) is 1.89. The Morgan fingerprint density at radius 2 is 2.27 bits per heavy atom. The zero-order chi connectivity index (χ0) is 11.4. The third-order valence-electron chi connectivity index (χ3n) is 1.90. The van der Waals surface area contributed by atoms with E-state index in [4.69, 9.17) is 0 Å². The first-order valence-electron chi connectivity index (χ1n) is 4.07. The van der Waals surface area contributed by atoms with Crippen LogP contribution >= 0.6 is 15.9 Å². The number of carbonyl (C=O) groups excluding carboxylic acids is 1. The van der Waals surface area contributed by atoms with Gasteiger partial charge in [0.25, 0.3) is 5.69 Å². The summed E-state index contributed by atoms with van der Waals surface area (Å²) in [7, 11) is 0. The number of nitro benzene ring substituents is 1. The maximum absolute atomic E-state index is 10.6. The van der Waals surface area contributed by atoms with Gasteiger partial charge in [-0.2, -0.15) is 4.99 Å². The largest absolute Gasteiger partial charge is 0.283 e. The Hall–Kier alpha value is -1.52. The third kappa shape index (κ3) is 2.49. The zero-order valence-corrected chi connectivity index (χ0v) is 9.39. The molecule has 6 heteroatoms. The van der Waals surface area contributed by atoms with Gasteiger partial charge in [0.1, 0.15) is 4.47 Å². The number of isocyanates is 1. The van der Waals surface area contributed by atoms with Gasteiger partial charge in [-0.15, -0.1) is 0 Å². The summed E-state index contributed by atoms with van der Waals surface area (Å²) in [5, 5.41) is 10.6. The molecule has 0 aromatic heterocycles. The predicted octanol–water partition coefficient (Wildman–Crippen LogP) is 2.75. The van der Waals surface area contributed by atoms with Gasteiger partial charge in [-0.1, -0.05) is 12.1 Å². The number of nitrogens with zero attached hydrogens (tertiary/aromatic N) is 2. The van der Waals surface area contributed by atoms with Crippen molar-refractivity contribution in [3.05, 3.63) is 38.3 Å². The Morgan fingerprint density at radius 1 is 1.60 bits per heavy atom. The summed E-state index contributed by atoms with van der Waals surface area (Å²) in [6.07, 6.45) is 1.43. The van der Waals surface area contributed by atoms with E-state index in [-0.39, 0.29) is 5.69 Å². The molecule has 1 atom stereocenters. The van der Waals surface area contributed by atoms with Crippen molar-refractivity contribution < 1.29 is 9.72 Å². The maximum atomic E-state index is 10.6. The second kappa shape index (κ2) is 4.82. The molecule has 1 rings (SSSR count). The quantitative estimate of drug-likeness (QED) is 0.367. The molecule has 15 heavy (non-hydrogen) atoms. The van der Waals surface area contributed by atoms with E-state index in [2.05, 4.69) is 20.9 Å². The molecule has 0 saturated carbocycles. The first-order chi connectivity index (χ1) is 7.07. The smallest absolute Gasteiger partial charge is 0.258 e. The van der Waals surface area contributed by atoms with E-state index in [0.29, 0.717) is 10.0 Å². The molecule has 0 amide bonds. The molecule has 78 valence electrons. The second-order valence-electron chi connectivity index (χ2n) is 2.83. The molecule has 1 aromatic rings. The van der Waals surface area contributed by atoms with E-state index in [1.165, 1.54) is 12.1 Å². The third-order valence-corrected chi connectivity index (χ3v) is 2.77. The van der Waals surface area contributed by atoms with E-state index in [0.717, 1.165) is 0 Å². The van der Waals surface area contributed by atoms with Crippen molar-refractivity contribution in [2.75, 3.05) is 0 Å². The van der Waals surface area contributed by atoms with Crippen LogP contribution in [0.1, 0.15) is 18.5 Å². The van der Waals surface area contributed by atoms with E-state index >= 15 is 0 Å². The van der Waals surface area contributed by atoms with Gasteiger partial charge in [-0.25, -0.2) is 4.79 Å². The predicted molar refractivity (Wildman–Crippen MR) is 57.3 cm³/mol. The first kappa shape index (κ1) is 11.6. The molecule has 0 bridgehead atoms. The standard InChI is InChI=1S/C9H7BrN2O3/c1-6(11-5-13)7-3-2-4-8(9(7)10)12(14)15/h2-4,6H,1H3. The van der Waals surface area contributed by atoms with Crippen LogP contribution in [0.4, 0.5) is 5.69 Å². The summed E-state index contributed by atoms with van der Waals surface area (Å²) >= 11 is 3.12. The molecular weight excluding hydrogens is 264 g/mol. The van der Waals surface area contributed by atoms with E-state index in [1.54, 1.807) is 19.1 Å². The highest BCUT2D eigenvalue weighted by Crippen LogP contribution is 2.33. The van der Waals surface area contributed by atoms with Gasteiger partial charge in [0.05, 0.1) is 11.0 Å². The van der Waals surface area contributed by atoms with Crippen molar-refractivity contribution in [3.63, 3.8) is 0 Å². The van der Waals surface area contributed by atoms with Crippen molar-refractivity contribution in [2.24, 2.45) is 4.99 Å². The highest BCUT2D eigenvalue weighted by atomic mass is 79.9. The van der Waals surface area contributed by atoms with Crippen molar-refractivity contribution >= 4 is 27.7 Å². The maximum Gasteiger partial charge on any atom is 0.283 e. The van der Waals surface area contributed by atoms with Crippen LogP contribution in [0.25, 0.3) is 0 Å². The Balaban J connectivity index is 3.26. The summed E-state index contributed by atoms with van der Waals surface area (Å²) in [6.45, 7) is 1.66. The highest BCUT2D eigenvalue weighted by Gasteiger charge is 2.17. The number of hydrogen-bond donors (Lipinski definition) is 0. The van der Waals surface area contributed by atoms with Gasteiger partial charge in [-0.3, -0.25) is 10.1 Å². The number of hydrogen-bond acceptors (Lipinski definition) is 4. The van der Waals surface area contributed by atoms with Gasteiger partial charge >= 0.3 is 0 Å². The molecule has 0 fully saturated rings. The van der Waals surface area contributed by atoms with Crippen LogP contribution in [0.3, 0.4) is 0 Å². The van der Waals surface area contributed by atoms with E-state index in [9.17, 15) is 14.9 Å². The molecule has 1 aromatic carbocycles. The zero-order valence-electron chi connectivity index (χ0n) is 7.81. The van der Waals surface area contributed by atoms with Crippen LogP contribution in [-0.2, 0) is 4.79 Å². The van der Waals surface area contributed by atoms with Gasteiger partial charge in [0.2, 0.25) is 6.08 Å². The lowest BCUT2D eigenvalue weighted by Gasteiger charge is -2.06. The fourth-order valence-electron chi connectivity index (χ4n) is 1.15. The summed E-state index contributed by atoms with van der Waals surface area (Å²) in [4.78, 5) is 23.7. The lowest BCUT2D eigenvalue weighted by Crippen LogP contribution is -1.96. The highest BCUT2D eigenvalue weighted by molar-refractivity contribution is 9.10. The van der Waals surface area contributed by atoms with Crippen LogP contribution in [0.2, 0.25) is 0 Å². The summed E-state index contributed by atoms with van der Waals surface area (Å²) in [6, 6.07) is 4.15. The molecule has 1 unspecified atom stereocenters. The lowest BCUT2D eigenvalue weighted by atomic mass is 10.1. The fraction of sp³-hybridized carbons (Fsp3) is 0.222. The Morgan fingerprint density at radius 3 is 2.80 bits per heavy atom. The minimum absolute atomic E-state index is 0.0413. The average molecular weight is 271 g/mol. The molecule has 0 radical (unpaired) electrons. The van der Waals surface area contributed by atoms with Crippen LogP contribution in [0.5, 0.6) is 0 Å². The summed E-state index contributed by atoms with van der Waals surface area (Å²) < 4.78 is 0.349. The average Bonchev–Trinajstić information content (AvgIpc) is 2.17. The number of halogens is 1. The molecule has 0 aliphatic heterocycles. The van der Waals surface area contributed by atoms with Gasteiger partial charge in [0, 0.05) is 6.07 Å². The van der Waals surface area contributed by atoms with Crippen LogP contribution in [-0.4, -0.2) is 11.0 Å². The van der Waals surface area contributed by atoms with E-state index in [1.807, 2.05) is 0 Å². The van der Waals surface area contributed by atoms with Gasteiger partial charge in [-0.05, 0) is 28.4 Å². The molecule has 0 aliphatic rings. The number of aliphatic imine (C=N–C) groups is 1. The van der Waals surface area contributed by atoms with Crippen molar-refractivity contribution in [2.45, 2.75) is 13.0 Å². The minimum Gasteiger partial charge on any atom is -0.258 e. The summed E-state index contributed by atoms with van der Waals surface area (Å²) in [5.74, 6) is 0. The molecule has 0 spiro atoms. The van der Waals surface area contributed by atoms with Crippen LogP contribution in [0, 0.1) is 10.1 Å². The molecule has 0 aliphatic carbocycles. The van der Waals surface area contributed by atoms with Crippen molar-refractivity contribution in [3.8, 4) is 0 Å². The molecule has 5 nitrogen and oxygen atoms in total. The molecule has 0 saturated heterocycles. The first-order valence-corrected chi connectivity index (χ1v) is 4.87. The van der Waals surface area contributed by atoms with Crippen molar-refractivity contribution in [1.29, 1.82) is 0 Å². The van der Waals surface area contributed by atoms with Gasteiger partial charge in [0.15, 0.2) is 0 Å². The van der Waals surface area contributed by atoms with Gasteiger partial charge < -0.3 is 0 Å². The summed E-state index contributed by atoms with van der Waals surface area (Å²) in [5.41, 5.74) is 0.549. The minimum atomic E-state index is -0.495. The van der Waals surface area contributed by atoms with Crippen molar-refractivity contribution in [1.82, 2.24) is 0 Å². The Kier molecular flexibility index (Phi) is 3.71. The molecular formula is C9H7BrN2O3. The monoisotopic (exact) mass is 270 g/mol. The number of rotatable bonds is 3. The SMILES string of the molecule is CC(N=C=O)c1cccc([N+](=O)[O-])c1Br. The molecule has 0 N–H and O–H groups in total. The van der Waals surface area contributed by atoms with Crippen LogP contribution < -0.4 is 0 Å². The lowest BCUT2D eigenvalue weighted by molar-refractivity contribution is -0.385. The normalized spacial score (nSPS) is 11.6. The van der Waals surface area contributed by atoms with E-state index < -0.39 is 11.0 Å². The Bertz CT molecular complexity index is 441. The number of benzene rings is 1. The van der Waals surface area contributed by atoms with Crippen LogP contribution in [0.15, 0.2) is 27.7 Å². The molecule has 0 heterocycles.